The Morgan fingerprint density at radius 3 is 2.85 bits per heavy atom. The standard InChI is InChI=1S/C13H11N5O2/c1-18-6-16-9-4-7(2-3-10(9)18)12-15-5-8(13(19)20)11(14)17-12/h2-6H,1H3,(H,19,20)(H2,14,15,17). The van der Waals surface area contributed by atoms with Gasteiger partial charge in [-0.05, 0) is 18.2 Å². The molecule has 0 bridgehead atoms. The van der Waals surface area contributed by atoms with Crippen LogP contribution in [0.25, 0.3) is 22.4 Å². The van der Waals surface area contributed by atoms with Gasteiger partial charge < -0.3 is 15.4 Å². The normalized spacial score (nSPS) is 10.8. The van der Waals surface area contributed by atoms with Gasteiger partial charge in [-0.1, -0.05) is 0 Å². The number of hydrogen-bond donors (Lipinski definition) is 2. The zero-order chi connectivity index (χ0) is 14.3. The number of fused-ring (bicyclic) bond motifs is 1. The molecule has 0 aliphatic carbocycles. The average molecular weight is 269 g/mol. The highest BCUT2D eigenvalue weighted by Gasteiger charge is 2.12. The van der Waals surface area contributed by atoms with E-state index in [9.17, 15) is 4.79 Å². The molecule has 2 heterocycles. The summed E-state index contributed by atoms with van der Waals surface area (Å²) in [5, 5.41) is 8.90. The number of benzene rings is 1. The largest absolute Gasteiger partial charge is 0.477 e. The summed E-state index contributed by atoms with van der Waals surface area (Å²) in [6.45, 7) is 0. The van der Waals surface area contributed by atoms with Crippen molar-refractivity contribution in [1.29, 1.82) is 0 Å². The molecule has 0 unspecified atom stereocenters. The van der Waals surface area contributed by atoms with Crippen molar-refractivity contribution in [1.82, 2.24) is 19.5 Å². The van der Waals surface area contributed by atoms with Crippen molar-refractivity contribution in [3.05, 3.63) is 36.3 Å². The number of nitrogens with two attached hydrogens (primary N) is 1. The van der Waals surface area contributed by atoms with Crippen molar-refractivity contribution in [2.75, 3.05) is 5.73 Å². The van der Waals surface area contributed by atoms with Crippen LogP contribution in [0.4, 0.5) is 5.82 Å². The minimum atomic E-state index is -1.14. The van der Waals surface area contributed by atoms with Gasteiger partial charge in [0, 0.05) is 18.8 Å². The third-order valence-electron chi connectivity index (χ3n) is 3.03. The second kappa shape index (κ2) is 4.30. The minimum Gasteiger partial charge on any atom is -0.477 e. The van der Waals surface area contributed by atoms with Gasteiger partial charge in [-0.2, -0.15) is 0 Å². The Kier molecular flexibility index (Phi) is 2.60. The Bertz CT molecular complexity index is 825. The van der Waals surface area contributed by atoms with Crippen molar-refractivity contribution in [3.8, 4) is 11.4 Å². The highest BCUT2D eigenvalue weighted by molar-refractivity contribution is 5.92. The minimum absolute atomic E-state index is 0.0522. The molecule has 0 atom stereocenters. The molecule has 0 saturated heterocycles. The quantitative estimate of drug-likeness (QED) is 0.726. The number of aryl methyl sites for hydroxylation is 1. The number of aromatic carboxylic acids is 1. The second-order valence-corrected chi connectivity index (χ2v) is 4.36. The second-order valence-electron chi connectivity index (χ2n) is 4.36. The number of aromatic nitrogens is 4. The molecule has 7 heteroatoms. The summed E-state index contributed by atoms with van der Waals surface area (Å²) in [7, 11) is 1.91. The molecule has 2 aromatic heterocycles. The number of rotatable bonds is 2. The van der Waals surface area contributed by atoms with Crippen molar-refractivity contribution in [3.63, 3.8) is 0 Å². The number of carboxylic acid groups (broad SMARTS) is 1. The maximum Gasteiger partial charge on any atom is 0.341 e. The Morgan fingerprint density at radius 2 is 2.15 bits per heavy atom. The maximum atomic E-state index is 10.9. The lowest BCUT2D eigenvalue weighted by Crippen LogP contribution is -2.06. The predicted molar refractivity (Wildman–Crippen MR) is 73.1 cm³/mol. The average Bonchev–Trinajstić information content (AvgIpc) is 2.79. The molecule has 3 N–H and O–H groups in total. The number of nitrogen functional groups attached to an aromatic ring is 1. The Morgan fingerprint density at radius 1 is 1.35 bits per heavy atom. The summed E-state index contributed by atoms with van der Waals surface area (Å²) < 4.78 is 1.90. The molecule has 1 aromatic carbocycles. The van der Waals surface area contributed by atoms with Crippen LogP contribution in [-0.4, -0.2) is 30.6 Å². The number of carboxylic acids is 1. The van der Waals surface area contributed by atoms with Gasteiger partial charge in [0.25, 0.3) is 0 Å². The van der Waals surface area contributed by atoms with E-state index in [2.05, 4.69) is 15.0 Å². The lowest BCUT2D eigenvalue weighted by atomic mass is 10.2. The lowest BCUT2D eigenvalue weighted by Gasteiger charge is -2.04. The first-order valence-corrected chi connectivity index (χ1v) is 5.83. The molecule has 100 valence electrons. The van der Waals surface area contributed by atoms with Gasteiger partial charge in [0.1, 0.15) is 11.4 Å². The first-order valence-electron chi connectivity index (χ1n) is 5.83. The summed E-state index contributed by atoms with van der Waals surface area (Å²) in [6, 6.07) is 5.59. The lowest BCUT2D eigenvalue weighted by molar-refractivity contribution is 0.0697. The Hall–Kier alpha value is -2.96. The molecule has 3 rings (SSSR count). The fourth-order valence-corrected chi connectivity index (χ4v) is 1.97. The number of nitrogens with zero attached hydrogens (tertiary/aromatic N) is 4. The molecule has 0 spiro atoms. The van der Waals surface area contributed by atoms with Crippen LogP contribution in [0.1, 0.15) is 10.4 Å². The van der Waals surface area contributed by atoms with E-state index in [4.69, 9.17) is 10.8 Å². The molecule has 0 saturated carbocycles. The van der Waals surface area contributed by atoms with E-state index in [1.54, 1.807) is 6.33 Å². The molecule has 0 aliphatic heterocycles. The van der Waals surface area contributed by atoms with Gasteiger partial charge in [0.15, 0.2) is 5.82 Å². The number of hydrogen-bond acceptors (Lipinski definition) is 5. The van der Waals surface area contributed by atoms with E-state index in [0.29, 0.717) is 5.82 Å². The van der Waals surface area contributed by atoms with Crippen molar-refractivity contribution in [2.24, 2.45) is 7.05 Å². The van der Waals surface area contributed by atoms with Gasteiger partial charge in [0.05, 0.1) is 17.4 Å². The smallest absolute Gasteiger partial charge is 0.341 e. The van der Waals surface area contributed by atoms with Crippen LogP contribution in [0.5, 0.6) is 0 Å². The van der Waals surface area contributed by atoms with Crippen molar-refractivity contribution < 1.29 is 9.90 Å². The Labute approximate surface area is 113 Å². The fraction of sp³-hybridized carbons (Fsp3) is 0.0769. The highest BCUT2D eigenvalue weighted by atomic mass is 16.4. The zero-order valence-corrected chi connectivity index (χ0v) is 10.6. The molecule has 20 heavy (non-hydrogen) atoms. The topological polar surface area (TPSA) is 107 Å². The summed E-state index contributed by atoms with van der Waals surface area (Å²) in [5.41, 5.74) is 8.06. The van der Waals surface area contributed by atoms with Crippen LogP contribution in [0.3, 0.4) is 0 Å². The first-order chi connectivity index (χ1) is 9.56. The number of carbonyl (C=O) groups is 1. The summed E-state index contributed by atoms with van der Waals surface area (Å²) in [5.74, 6) is -0.821. The number of imidazole rings is 1. The summed E-state index contributed by atoms with van der Waals surface area (Å²) in [6.07, 6.45) is 2.93. The van der Waals surface area contributed by atoms with Gasteiger partial charge in [-0.3, -0.25) is 0 Å². The summed E-state index contributed by atoms with van der Waals surface area (Å²) in [4.78, 5) is 23.2. The molecule has 0 fully saturated rings. The monoisotopic (exact) mass is 269 g/mol. The van der Waals surface area contributed by atoms with Crippen LogP contribution >= 0.6 is 0 Å². The summed E-state index contributed by atoms with van der Waals surface area (Å²) >= 11 is 0. The van der Waals surface area contributed by atoms with E-state index < -0.39 is 5.97 Å². The first kappa shape index (κ1) is 12.1. The number of anilines is 1. The van der Waals surface area contributed by atoms with Gasteiger partial charge in [-0.25, -0.2) is 19.7 Å². The maximum absolute atomic E-state index is 10.9. The zero-order valence-electron chi connectivity index (χ0n) is 10.6. The molecule has 0 amide bonds. The molecular weight excluding hydrogens is 258 g/mol. The molecule has 3 aromatic rings. The van der Waals surface area contributed by atoms with Crippen molar-refractivity contribution in [2.45, 2.75) is 0 Å². The molecule has 7 nitrogen and oxygen atoms in total. The predicted octanol–water partition coefficient (Wildman–Crippen LogP) is 1.31. The van der Waals surface area contributed by atoms with Crippen LogP contribution in [-0.2, 0) is 7.05 Å². The highest BCUT2D eigenvalue weighted by Crippen LogP contribution is 2.22. The third-order valence-corrected chi connectivity index (χ3v) is 3.03. The Balaban J connectivity index is 2.10. The van der Waals surface area contributed by atoms with Crippen molar-refractivity contribution >= 4 is 22.8 Å². The van der Waals surface area contributed by atoms with Gasteiger partial charge in [0.2, 0.25) is 0 Å². The molecule has 0 radical (unpaired) electrons. The molecular formula is C13H11N5O2. The SMILES string of the molecule is Cn1cnc2cc(-c3ncc(C(=O)O)c(N)n3)ccc21. The van der Waals surface area contributed by atoms with Crippen LogP contribution < -0.4 is 5.73 Å². The van der Waals surface area contributed by atoms with Crippen LogP contribution in [0.15, 0.2) is 30.7 Å². The van der Waals surface area contributed by atoms with Crippen LogP contribution in [0.2, 0.25) is 0 Å². The van der Waals surface area contributed by atoms with E-state index >= 15 is 0 Å². The molecule has 0 aliphatic rings. The van der Waals surface area contributed by atoms with E-state index in [0.717, 1.165) is 16.6 Å². The third kappa shape index (κ3) is 1.85. The van der Waals surface area contributed by atoms with Gasteiger partial charge in [-0.15, -0.1) is 0 Å². The fourth-order valence-electron chi connectivity index (χ4n) is 1.97. The van der Waals surface area contributed by atoms with E-state index in [-0.39, 0.29) is 11.4 Å². The van der Waals surface area contributed by atoms with E-state index in [1.807, 2.05) is 29.8 Å². The van der Waals surface area contributed by atoms with Gasteiger partial charge >= 0.3 is 5.97 Å². The van der Waals surface area contributed by atoms with Crippen LogP contribution in [0, 0.1) is 0 Å². The van der Waals surface area contributed by atoms with E-state index in [1.165, 1.54) is 6.20 Å².